The molecule has 2 aromatic heterocycles. The molecule has 1 aliphatic carbocycles. The molecule has 1 fully saturated rings. The van der Waals surface area contributed by atoms with E-state index in [0.717, 1.165) is 30.0 Å². The zero-order valence-electron chi connectivity index (χ0n) is 10.8. The van der Waals surface area contributed by atoms with Gasteiger partial charge in [-0.15, -0.1) is 0 Å². The Labute approximate surface area is 107 Å². The van der Waals surface area contributed by atoms with Gasteiger partial charge >= 0.3 is 0 Å². The number of nitrogens with zero attached hydrogens (tertiary/aromatic N) is 3. The normalized spacial score (nSPS) is 16.7. The predicted molar refractivity (Wildman–Crippen MR) is 70.6 cm³/mol. The van der Waals surface area contributed by atoms with Crippen LogP contribution in [0.2, 0.25) is 0 Å². The summed E-state index contributed by atoms with van der Waals surface area (Å²) >= 11 is 0. The lowest BCUT2D eigenvalue weighted by Crippen LogP contribution is -2.11. The molecule has 2 aromatic rings. The highest BCUT2D eigenvalue weighted by Gasteiger charge is 2.22. The average Bonchev–Trinajstić information content (AvgIpc) is 3.02. The van der Waals surface area contributed by atoms with E-state index in [1.807, 2.05) is 18.3 Å². The fourth-order valence-electron chi connectivity index (χ4n) is 2.89. The highest BCUT2D eigenvalue weighted by Crippen LogP contribution is 2.33. The summed E-state index contributed by atoms with van der Waals surface area (Å²) in [6.07, 6.45) is 7.87. The summed E-state index contributed by atoms with van der Waals surface area (Å²) in [4.78, 5) is 9.23. The van der Waals surface area contributed by atoms with Gasteiger partial charge in [-0.2, -0.15) is 0 Å². The fourth-order valence-corrected chi connectivity index (χ4v) is 2.89. The lowest BCUT2D eigenvalue weighted by molar-refractivity contribution is 0.199. The van der Waals surface area contributed by atoms with Crippen LogP contribution in [0.3, 0.4) is 0 Å². The van der Waals surface area contributed by atoms with Gasteiger partial charge < -0.3 is 9.30 Å². The summed E-state index contributed by atoms with van der Waals surface area (Å²) < 4.78 is 7.53. The Hall–Kier alpha value is -1.42. The number of hydrogen-bond donors (Lipinski definition) is 0. The Balaban J connectivity index is 2.05. The Morgan fingerprint density at radius 1 is 1.39 bits per heavy atom. The molecular weight excluding hydrogens is 226 g/mol. The summed E-state index contributed by atoms with van der Waals surface area (Å²) in [5.74, 6) is 1.12. The Morgan fingerprint density at radius 3 is 3.00 bits per heavy atom. The van der Waals surface area contributed by atoms with E-state index in [1.165, 1.54) is 25.7 Å². The van der Waals surface area contributed by atoms with Crippen molar-refractivity contribution in [2.75, 3.05) is 13.7 Å². The van der Waals surface area contributed by atoms with Gasteiger partial charge in [-0.25, -0.2) is 9.97 Å². The maximum atomic E-state index is 5.19. The van der Waals surface area contributed by atoms with Crippen molar-refractivity contribution in [2.45, 2.75) is 38.1 Å². The van der Waals surface area contributed by atoms with Crippen molar-refractivity contribution in [3.8, 4) is 0 Å². The molecule has 0 bridgehead atoms. The number of rotatable bonds is 4. The third-order valence-corrected chi connectivity index (χ3v) is 3.74. The van der Waals surface area contributed by atoms with Crippen LogP contribution in [0.5, 0.6) is 0 Å². The lowest BCUT2D eigenvalue weighted by Gasteiger charge is -2.15. The van der Waals surface area contributed by atoms with Gasteiger partial charge in [-0.1, -0.05) is 12.8 Å². The van der Waals surface area contributed by atoms with Crippen molar-refractivity contribution in [3.63, 3.8) is 0 Å². The molecule has 3 rings (SSSR count). The second-order valence-electron chi connectivity index (χ2n) is 4.93. The number of hydrogen-bond acceptors (Lipinski definition) is 3. The van der Waals surface area contributed by atoms with Gasteiger partial charge in [0.15, 0.2) is 5.65 Å². The predicted octanol–water partition coefficient (Wildman–Crippen LogP) is 2.74. The highest BCUT2D eigenvalue weighted by molar-refractivity contribution is 5.71. The highest BCUT2D eigenvalue weighted by atomic mass is 16.5. The van der Waals surface area contributed by atoms with Crippen LogP contribution in [0.15, 0.2) is 18.3 Å². The summed E-state index contributed by atoms with van der Waals surface area (Å²) in [5, 5.41) is 0. The molecule has 0 radical (unpaired) electrons. The molecule has 0 amide bonds. The van der Waals surface area contributed by atoms with Crippen LogP contribution in [0.1, 0.15) is 37.5 Å². The van der Waals surface area contributed by atoms with Crippen molar-refractivity contribution >= 4 is 11.2 Å². The summed E-state index contributed by atoms with van der Waals surface area (Å²) in [7, 11) is 1.74. The van der Waals surface area contributed by atoms with E-state index in [4.69, 9.17) is 9.72 Å². The lowest BCUT2D eigenvalue weighted by atomic mass is 10.2. The molecule has 0 aliphatic heterocycles. The Morgan fingerprint density at radius 2 is 2.22 bits per heavy atom. The first-order chi connectivity index (χ1) is 8.90. The van der Waals surface area contributed by atoms with Gasteiger partial charge in [0.1, 0.15) is 11.3 Å². The maximum Gasteiger partial charge on any atom is 0.160 e. The second-order valence-corrected chi connectivity index (χ2v) is 4.93. The minimum Gasteiger partial charge on any atom is -0.384 e. The second kappa shape index (κ2) is 5.06. The van der Waals surface area contributed by atoms with Gasteiger partial charge in [-0.05, 0) is 25.0 Å². The van der Waals surface area contributed by atoms with Gasteiger partial charge in [0.2, 0.25) is 0 Å². The van der Waals surface area contributed by atoms with E-state index in [9.17, 15) is 0 Å². The summed E-state index contributed by atoms with van der Waals surface area (Å²) in [6, 6.07) is 4.58. The van der Waals surface area contributed by atoms with E-state index < -0.39 is 0 Å². The van der Waals surface area contributed by atoms with E-state index >= 15 is 0 Å². The molecule has 0 atom stereocenters. The maximum absolute atomic E-state index is 5.19. The molecule has 0 N–H and O–H groups in total. The molecular formula is C14H19N3O. The first kappa shape index (κ1) is 11.7. The molecule has 2 heterocycles. The number of fused-ring (bicyclic) bond motifs is 1. The van der Waals surface area contributed by atoms with E-state index in [0.29, 0.717) is 6.04 Å². The third kappa shape index (κ3) is 2.01. The topological polar surface area (TPSA) is 39.9 Å². The summed E-state index contributed by atoms with van der Waals surface area (Å²) in [6.45, 7) is 0.718. The van der Waals surface area contributed by atoms with E-state index in [1.54, 1.807) is 7.11 Å². The third-order valence-electron chi connectivity index (χ3n) is 3.74. The van der Waals surface area contributed by atoms with E-state index in [2.05, 4.69) is 9.55 Å². The SMILES string of the molecule is COCCc1nc2cccnc2n1C1CCCC1. The number of methoxy groups -OCH3 is 1. The number of pyridine rings is 1. The standard InChI is InChI=1S/C14H19N3O/c1-18-10-8-13-16-12-7-4-9-15-14(12)17(13)11-5-2-3-6-11/h4,7,9,11H,2-3,5-6,8,10H2,1H3. The van der Waals surface area contributed by atoms with Gasteiger partial charge in [0, 0.05) is 25.8 Å². The van der Waals surface area contributed by atoms with Gasteiger partial charge in [0.25, 0.3) is 0 Å². The quantitative estimate of drug-likeness (QED) is 0.831. The number of imidazole rings is 1. The van der Waals surface area contributed by atoms with Crippen LogP contribution in [0.25, 0.3) is 11.2 Å². The average molecular weight is 245 g/mol. The number of aromatic nitrogens is 3. The molecule has 96 valence electrons. The Kier molecular flexibility index (Phi) is 3.28. The van der Waals surface area contributed by atoms with Crippen LogP contribution in [0, 0.1) is 0 Å². The van der Waals surface area contributed by atoms with Crippen molar-refractivity contribution < 1.29 is 4.74 Å². The molecule has 18 heavy (non-hydrogen) atoms. The van der Waals surface area contributed by atoms with Crippen molar-refractivity contribution in [3.05, 3.63) is 24.2 Å². The molecule has 1 aliphatic rings. The molecule has 4 nitrogen and oxygen atoms in total. The molecule has 0 spiro atoms. The zero-order valence-corrected chi connectivity index (χ0v) is 10.8. The number of ether oxygens (including phenoxy) is 1. The van der Waals surface area contributed by atoms with Gasteiger partial charge in [0.05, 0.1) is 6.61 Å². The monoisotopic (exact) mass is 245 g/mol. The van der Waals surface area contributed by atoms with Gasteiger partial charge in [-0.3, -0.25) is 0 Å². The minimum absolute atomic E-state index is 0.580. The smallest absolute Gasteiger partial charge is 0.160 e. The molecule has 0 saturated heterocycles. The molecule has 4 heteroatoms. The molecule has 0 unspecified atom stereocenters. The van der Waals surface area contributed by atoms with Crippen molar-refractivity contribution in [1.29, 1.82) is 0 Å². The summed E-state index contributed by atoms with van der Waals surface area (Å²) in [5.41, 5.74) is 2.05. The van der Waals surface area contributed by atoms with Crippen LogP contribution >= 0.6 is 0 Å². The first-order valence-electron chi connectivity index (χ1n) is 6.71. The fraction of sp³-hybridized carbons (Fsp3) is 0.571. The van der Waals surface area contributed by atoms with Crippen LogP contribution in [0.4, 0.5) is 0 Å². The minimum atomic E-state index is 0.580. The largest absolute Gasteiger partial charge is 0.384 e. The molecule has 1 saturated carbocycles. The molecule has 0 aromatic carbocycles. The van der Waals surface area contributed by atoms with Crippen molar-refractivity contribution in [2.24, 2.45) is 0 Å². The van der Waals surface area contributed by atoms with Crippen LogP contribution < -0.4 is 0 Å². The van der Waals surface area contributed by atoms with E-state index in [-0.39, 0.29) is 0 Å². The first-order valence-corrected chi connectivity index (χ1v) is 6.71. The zero-order chi connectivity index (χ0) is 12.4. The van der Waals surface area contributed by atoms with Crippen molar-refractivity contribution in [1.82, 2.24) is 14.5 Å². The van der Waals surface area contributed by atoms with Crippen LogP contribution in [-0.2, 0) is 11.2 Å². The van der Waals surface area contributed by atoms with Crippen LogP contribution in [-0.4, -0.2) is 28.3 Å². The Bertz CT molecular complexity index is 529.